The van der Waals surface area contributed by atoms with Crippen LogP contribution >= 0.6 is 0 Å². The number of amides is 3. The number of para-hydroxylation sites is 1. The summed E-state index contributed by atoms with van der Waals surface area (Å²) in [6.45, 7) is 7.19. The largest absolute Gasteiger partial charge is 0.452 e. The maximum Gasteiger partial charge on any atom is 0.339 e. The lowest BCUT2D eigenvalue weighted by Gasteiger charge is -2.12. The number of fused-ring (bicyclic) bond motifs is 1. The van der Waals surface area contributed by atoms with Crippen molar-refractivity contribution >= 4 is 34.5 Å². The molecule has 7 heteroatoms. The molecular weight excluding hydrogens is 394 g/mol. The van der Waals surface area contributed by atoms with Crippen molar-refractivity contribution in [2.75, 3.05) is 11.9 Å². The molecule has 0 unspecified atom stereocenters. The fraction of sp³-hybridized carbons (Fsp3) is 0.250. The molecule has 0 spiro atoms. The van der Waals surface area contributed by atoms with Gasteiger partial charge in [-0.25, -0.2) is 9.59 Å². The number of hydrogen-bond donors (Lipinski definition) is 2. The molecule has 0 radical (unpaired) electrons. The van der Waals surface area contributed by atoms with Gasteiger partial charge >= 0.3 is 12.0 Å². The Hall–Kier alpha value is -3.74. The van der Waals surface area contributed by atoms with E-state index >= 15 is 0 Å². The standard InChI is InChI=1S/C24H25N3O4/c1-14(2)21-12-18(17-9-5-6-10-20(17)25-21)23(29)31-13-22(28)27-24(30)26-19-11-7-8-15(3)16(19)4/h5-12,14H,13H2,1-4H3,(H2,26,27,28,30). The van der Waals surface area contributed by atoms with Crippen LogP contribution in [0.4, 0.5) is 10.5 Å². The lowest BCUT2D eigenvalue weighted by atomic mass is 10.0. The Morgan fingerprint density at radius 2 is 1.77 bits per heavy atom. The van der Waals surface area contributed by atoms with Crippen LogP contribution in [0.5, 0.6) is 0 Å². The zero-order chi connectivity index (χ0) is 22.5. The molecule has 7 nitrogen and oxygen atoms in total. The van der Waals surface area contributed by atoms with E-state index in [0.717, 1.165) is 16.8 Å². The number of urea groups is 1. The number of aromatic nitrogens is 1. The second-order valence-corrected chi connectivity index (χ2v) is 7.59. The van der Waals surface area contributed by atoms with E-state index in [0.29, 0.717) is 22.2 Å². The van der Waals surface area contributed by atoms with Gasteiger partial charge in [0.2, 0.25) is 0 Å². The monoisotopic (exact) mass is 419 g/mol. The van der Waals surface area contributed by atoms with E-state index in [-0.39, 0.29) is 5.92 Å². The fourth-order valence-corrected chi connectivity index (χ4v) is 3.07. The summed E-state index contributed by atoms with van der Waals surface area (Å²) >= 11 is 0. The van der Waals surface area contributed by atoms with Gasteiger partial charge in [0, 0.05) is 16.8 Å². The van der Waals surface area contributed by atoms with E-state index in [1.165, 1.54) is 0 Å². The van der Waals surface area contributed by atoms with Gasteiger partial charge in [-0.2, -0.15) is 0 Å². The van der Waals surface area contributed by atoms with E-state index in [4.69, 9.17) is 4.74 Å². The molecule has 0 aliphatic carbocycles. The smallest absolute Gasteiger partial charge is 0.339 e. The number of nitrogens with zero attached hydrogens (tertiary/aromatic N) is 1. The maximum atomic E-state index is 12.7. The highest BCUT2D eigenvalue weighted by Crippen LogP contribution is 2.23. The first-order chi connectivity index (χ1) is 14.8. The second-order valence-electron chi connectivity index (χ2n) is 7.59. The summed E-state index contributed by atoms with van der Waals surface area (Å²) in [5, 5.41) is 5.44. The first-order valence-electron chi connectivity index (χ1n) is 10.00. The predicted molar refractivity (Wildman–Crippen MR) is 119 cm³/mol. The lowest BCUT2D eigenvalue weighted by Crippen LogP contribution is -2.37. The summed E-state index contributed by atoms with van der Waals surface area (Å²) in [6.07, 6.45) is 0. The van der Waals surface area contributed by atoms with Crippen LogP contribution in [0.15, 0.2) is 48.5 Å². The molecule has 0 aliphatic rings. The maximum absolute atomic E-state index is 12.7. The van der Waals surface area contributed by atoms with E-state index in [9.17, 15) is 14.4 Å². The molecule has 0 aliphatic heterocycles. The Morgan fingerprint density at radius 3 is 2.52 bits per heavy atom. The number of carbonyl (C=O) groups is 3. The quantitative estimate of drug-likeness (QED) is 0.594. The molecule has 0 fully saturated rings. The first-order valence-corrected chi connectivity index (χ1v) is 10.00. The van der Waals surface area contributed by atoms with Gasteiger partial charge in [0.15, 0.2) is 6.61 Å². The summed E-state index contributed by atoms with van der Waals surface area (Å²) in [6, 6.07) is 13.7. The summed E-state index contributed by atoms with van der Waals surface area (Å²) in [4.78, 5) is 41.4. The SMILES string of the molecule is Cc1cccc(NC(=O)NC(=O)COC(=O)c2cc(C(C)C)nc3ccccc23)c1C. The number of hydrogen-bond acceptors (Lipinski definition) is 5. The van der Waals surface area contributed by atoms with Crippen LogP contribution in [-0.4, -0.2) is 29.5 Å². The van der Waals surface area contributed by atoms with Gasteiger partial charge in [0.1, 0.15) is 0 Å². The van der Waals surface area contributed by atoms with Crippen molar-refractivity contribution in [2.24, 2.45) is 0 Å². The number of carbonyl (C=O) groups excluding carboxylic acids is 3. The topological polar surface area (TPSA) is 97.4 Å². The number of nitrogens with one attached hydrogen (secondary N) is 2. The van der Waals surface area contributed by atoms with Crippen molar-refractivity contribution in [3.05, 3.63) is 70.9 Å². The summed E-state index contributed by atoms with van der Waals surface area (Å²) in [7, 11) is 0. The first kappa shape index (κ1) is 22.0. The normalized spacial score (nSPS) is 10.7. The lowest BCUT2D eigenvalue weighted by molar-refractivity contribution is -0.123. The van der Waals surface area contributed by atoms with Crippen LogP contribution in [0.2, 0.25) is 0 Å². The summed E-state index contributed by atoms with van der Waals surface area (Å²) < 4.78 is 5.17. The third-order valence-corrected chi connectivity index (χ3v) is 4.99. The zero-order valence-corrected chi connectivity index (χ0v) is 18.0. The van der Waals surface area contributed by atoms with Crippen molar-refractivity contribution in [1.29, 1.82) is 0 Å². The number of benzene rings is 2. The molecule has 3 amide bonds. The van der Waals surface area contributed by atoms with Crippen LogP contribution < -0.4 is 10.6 Å². The Bertz CT molecular complexity index is 1150. The molecule has 2 aromatic carbocycles. The van der Waals surface area contributed by atoms with Crippen molar-refractivity contribution < 1.29 is 19.1 Å². The van der Waals surface area contributed by atoms with Gasteiger partial charge in [0.05, 0.1) is 11.1 Å². The third kappa shape index (κ3) is 5.25. The van der Waals surface area contributed by atoms with E-state index in [1.54, 1.807) is 24.3 Å². The molecule has 1 heterocycles. The fourth-order valence-electron chi connectivity index (χ4n) is 3.07. The van der Waals surface area contributed by atoms with Crippen LogP contribution in [0.3, 0.4) is 0 Å². The summed E-state index contributed by atoms with van der Waals surface area (Å²) in [5.41, 5.74) is 4.29. The molecule has 0 saturated heterocycles. The Kier molecular flexibility index (Phi) is 6.65. The molecular formula is C24H25N3O4. The van der Waals surface area contributed by atoms with Gasteiger partial charge in [-0.15, -0.1) is 0 Å². The average Bonchev–Trinajstić information content (AvgIpc) is 2.74. The minimum absolute atomic E-state index is 0.119. The number of esters is 1. The Balaban J connectivity index is 1.65. The van der Waals surface area contributed by atoms with E-state index < -0.39 is 24.5 Å². The average molecular weight is 419 g/mol. The van der Waals surface area contributed by atoms with Crippen molar-refractivity contribution in [3.63, 3.8) is 0 Å². The number of aryl methyl sites for hydroxylation is 1. The molecule has 3 aromatic rings. The van der Waals surface area contributed by atoms with E-state index in [1.807, 2.05) is 52.0 Å². The number of imide groups is 1. The minimum atomic E-state index is -0.724. The van der Waals surface area contributed by atoms with Crippen LogP contribution in [-0.2, 0) is 9.53 Å². The number of pyridine rings is 1. The molecule has 3 rings (SSSR count). The van der Waals surface area contributed by atoms with Crippen molar-refractivity contribution in [3.8, 4) is 0 Å². The third-order valence-electron chi connectivity index (χ3n) is 4.99. The zero-order valence-electron chi connectivity index (χ0n) is 18.0. The number of anilines is 1. The second kappa shape index (κ2) is 9.38. The highest BCUT2D eigenvalue weighted by molar-refractivity contribution is 6.05. The molecule has 0 bridgehead atoms. The van der Waals surface area contributed by atoms with Gasteiger partial charge in [-0.05, 0) is 49.1 Å². The number of rotatable bonds is 5. The van der Waals surface area contributed by atoms with Gasteiger partial charge in [-0.3, -0.25) is 15.1 Å². The molecule has 2 N–H and O–H groups in total. The van der Waals surface area contributed by atoms with Crippen LogP contribution in [0.25, 0.3) is 10.9 Å². The van der Waals surface area contributed by atoms with E-state index in [2.05, 4.69) is 15.6 Å². The molecule has 31 heavy (non-hydrogen) atoms. The van der Waals surface area contributed by atoms with Gasteiger partial charge in [0.25, 0.3) is 5.91 Å². The minimum Gasteiger partial charge on any atom is -0.452 e. The highest BCUT2D eigenvalue weighted by atomic mass is 16.5. The molecule has 160 valence electrons. The van der Waals surface area contributed by atoms with Crippen molar-refractivity contribution in [2.45, 2.75) is 33.6 Å². The number of ether oxygens (including phenoxy) is 1. The predicted octanol–water partition coefficient (Wildman–Crippen LogP) is 4.48. The molecule has 1 aromatic heterocycles. The Labute approximate surface area is 180 Å². The molecule has 0 atom stereocenters. The Morgan fingerprint density at radius 1 is 1.03 bits per heavy atom. The molecule has 0 saturated carbocycles. The van der Waals surface area contributed by atoms with Crippen LogP contribution in [0.1, 0.15) is 46.9 Å². The van der Waals surface area contributed by atoms with Gasteiger partial charge < -0.3 is 10.1 Å². The summed E-state index contributed by atoms with van der Waals surface area (Å²) in [5.74, 6) is -1.25. The highest BCUT2D eigenvalue weighted by Gasteiger charge is 2.18. The van der Waals surface area contributed by atoms with Gasteiger partial charge in [-0.1, -0.05) is 44.2 Å². The van der Waals surface area contributed by atoms with Crippen molar-refractivity contribution in [1.82, 2.24) is 10.3 Å². The van der Waals surface area contributed by atoms with Crippen LogP contribution in [0, 0.1) is 13.8 Å².